The summed E-state index contributed by atoms with van der Waals surface area (Å²) in [5.74, 6) is -0.529. The summed E-state index contributed by atoms with van der Waals surface area (Å²) in [6.45, 7) is 1.50. The largest absolute Gasteiger partial charge is 0.295 e. The van der Waals surface area contributed by atoms with Crippen molar-refractivity contribution in [3.63, 3.8) is 0 Å². The maximum Gasteiger partial charge on any atom is 0.205 e. The van der Waals surface area contributed by atoms with Gasteiger partial charge >= 0.3 is 0 Å². The van der Waals surface area contributed by atoms with E-state index in [-0.39, 0.29) is 28.6 Å². The van der Waals surface area contributed by atoms with E-state index < -0.39 is 0 Å². The number of aromatic nitrogens is 2. The Morgan fingerprint density at radius 3 is 2.55 bits per heavy atom. The molecule has 0 atom stereocenters. The molecule has 0 aliphatic heterocycles. The van der Waals surface area contributed by atoms with Crippen molar-refractivity contribution in [1.82, 2.24) is 9.97 Å². The van der Waals surface area contributed by atoms with Gasteiger partial charge in [0.25, 0.3) is 0 Å². The average molecular weight is 292 g/mol. The third-order valence-corrected chi connectivity index (χ3v) is 3.54. The third kappa shape index (κ3) is 2.48. The van der Waals surface area contributed by atoms with Gasteiger partial charge in [-0.25, -0.2) is 9.97 Å². The summed E-state index contributed by atoms with van der Waals surface area (Å²) in [5.41, 5.74) is 2.27. The summed E-state index contributed by atoms with van der Waals surface area (Å²) in [7, 11) is 0. The monoisotopic (exact) mass is 292 g/mol. The Hall–Kier alpha value is -2.95. The van der Waals surface area contributed by atoms with Crippen LogP contribution in [0, 0.1) is 0 Å². The van der Waals surface area contributed by atoms with Crippen LogP contribution < -0.4 is 0 Å². The zero-order valence-electron chi connectivity index (χ0n) is 11.9. The molecule has 1 aliphatic carbocycles. The van der Waals surface area contributed by atoms with Gasteiger partial charge in [-0.1, -0.05) is 24.3 Å². The molecule has 1 aromatic carbocycles. The molecule has 0 unspecified atom stereocenters. The van der Waals surface area contributed by atoms with Gasteiger partial charge in [0.2, 0.25) is 5.78 Å². The average Bonchev–Trinajstić information content (AvgIpc) is 2.53. The molecule has 1 aromatic heterocycles. The van der Waals surface area contributed by atoms with Crippen LogP contribution >= 0.6 is 0 Å². The second kappa shape index (κ2) is 5.44. The minimum atomic E-state index is -0.285. The Morgan fingerprint density at radius 2 is 1.86 bits per heavy atom. The molecule has 0 fully saturated rings. The van der Waals surface area contributed by atoms with Gasteiger partial charge in [-0.3, -0.25) is 14.4 Å². The van der Waals surface area contributed by atoms with Crippen LogP contribution in [0.3, 0.4) is 0 Å². The van der Waals surface area contributed by atoms with Crippen molar-refractivity contribution in [2.45, 2.75) is 13.3 Å². The summed E-state index contributed by atoms with van der Waals surface area (Å²) in [6, 6.07) is 6.99. The molecule has 5 heteroatoms. The first-order chi connectivity index (χ1) is 10.6. The molecular formula is C17H12N2O3. The van der Waals surface area contributed by atoms with Gasteiger partial charge in [0, 0.05) is 23.8 Å². The Bertz CT molecular complexity index is 820. The fourth-order valence-corrected chi connectivity index (χ4v) is 2.37. The smallest absolute Gasteiger partial charge is 0.205 e. The predicted molar refractivity (Wildman–Crippen MR) is 78.9 cm³/mol. The van der Waals surface area contributed by atoms with Gasteiger partial charge in [0.1, 0.15) is 12.0 Å². The summed E-state index contributed by atoms with van der Waals surface area (Å²) in [4.78, 5) is 43.3. The van der Waals surface area contributed by atoms with E-state index in [1.165, 1.54) is 25.5 Å². The van der Waals surface area contributed by atoms with Crippen molar-refractivity contribution in [3.05, 3.63) is 70.8 Å². The lowest BCUT2D eigenvalue weighted by molar-refractivity contribution is 0.0978. The summed E-state index contributed by atoms with van der Waals surface area (Å²) >= 11 is 0. The van der Waals surface area contributed by atoms with Gasteiger partial charge < -0.3 is 0 Å². The second-order valence-corrected chi connectivity index (χ2v) is 5.08. The van der Waals surface area contributed by atoms with Gasteiger partial charge in [-0.2, -0.15) is 0 Å². The van der Waals surface area contributed by atoms with Crippen LogP contribution in [0.25, 0.3) is 0 Å². The van der Waals surface area contributed by atoms with Gasteiger partial charge in [-0.05, 0) is 18.6 Å². The van der Waals surface area contributed by atoms with Gasteiger partial charge in [0.05, 0.1) is 5.56 Å². The van der Waals surface area contributed by atoms with E-state index in [2.05, 4.69) is 9.97 Å². The molecule has 5 nitrogen and oxygen atoms in total. The van der Waals surface area contributed by atoms with Crippen LogP contribution in [-0.2, 0) is 6.42 Å². The molecule has 0 saturated heterocycles. The van der Waals surface area contributed by atoms with Crippen molar-refractivity contribution in [1.29, 1.82) is 0 Å². The molecule has 0 spiro atoms. The number of hydrogen-bond donors (Lipinski definition) is 0. The number of ketones is 3. The molecule has 0 radical (unpaired) electrons. The number of nitrogens with zero attached hydrogens (tertiary/aromatic N) is 2. The lowest BCUT2D eigenvalue weighted by Gasteiger charge is -2.13. The molecule has 22 heavy (non-hydrogen) atoms. The van der Waals surface area contributed by atoms with Gasteiger partial charge in [0.15, 0.2) is 11.6 Å². The zero-order valence-corrected chi connectivity index (χ0v) is 11.9. The topological polar surface area (TPSA) is 77.0 Å². The number of benzene rings is 1. The van der Waals surface area contributed by atoms with E-state index in [0.29, 0.717) is 17.6 Å². The van der Waals surface area contributed by atoms with Crippen LogP contribution in [0.1, 0.15) is 43.7 Å². The number of fused-ring (bicyclic) bond motifs is 1. The van der Waals surface area contributed by atoms with E-state index in [1.54, 1.807) is 24.3 Å². The first-order valence-corrected chi connectivity index (χ1v) is 6.76. The Labute approximate surface area is 126 Å². The number of allylic oxidation sites excluding steroid dienone is 2. The molecule has 0 saturated carbocycles. The zero-order chi connectivity index (χ0) is 15.7. The van der Waals surface area contributed by atoms with Gasteiger partial charge in [-0.15, -0.1) is 0 Å². The van der Waals surface area contributed by atoms with Crippen molar-refractivity contribution in [2.24, 2.45) is 0 Å². The maximum atomic E-state index is 12.4. The first kappa shape index (κ1) is 14.0. The van der Waals surface area contributed by atoms with E-state index in [1.807, 2.05) is 0 Å². The highest BCUT2D eigenvalue weighted by molar-refractivity contribution is 6.23. The highest BCUT2D eigenvalue weighted by Gasteiger charge is 2.26. The predicted octanol–water partition coefficient (Wildman–Crippen LogP) is 2.23. The molecule has 1 aliphatic rings. The van der Waals surface area contributed by atoms with Crippen LogP contribution in [0.5, 0.6) is 0 Å². The summed E-state index contributed by atoms with van der Waals surface area (Å²) in [6.07, 6.45) is 4.28. The third-order valence-electron chi connectivity index (χ3n) is 3.54. The van der Waals surface area contributed by atoms with Crippen molar-refractivity contribution in [3.8, 4) is 0 Å². The fourth-order valence-electron chi connectivity index (χ4n) is 2.37. The highest BCUT2D eigenvalue weighted by Crippen LogP contribution is 2.21. The molecule has 3 rings (SSSR count). The molecule has 108 valence electrons. The Balaban J connectivity index is 1.89. The molecular weight excluding hydrogens is 280 g/mol. The van der Waals surface area contributed by atoms with E-state index in [4.69, 9.17) is 0 Å². The normalized spacial score (nSPS) is 13.6. The Morgan fingerprint density at radius 1 is 1.14 bits per heavy atom. The molecule has 1 heterocycles. The van der Waals surface area contributed by atoms with Crippen molar-refractivity contribution < 1.29 is 14.4 Å². The SMILES string of the molecule is CC(=O)c1ccc(CC2=CC(=O)c3ncncc3C2=O)cc1. The Kier molecular flexibility index (Phi) is 3.47. The van der Waals surface area contributed by atoms with Crippen LogP contribution in [-0.4, -0.2) is 27.3 Å². The van der Waals surface area contributed by atoms with E-state index in [0.717, 1.165) is 5.56 Å². The first-order valence-electron chi connectivity index (χ1n) is 6.76. The minimum absolute atomic E-state index is 0.0132. The summed E-state index contributed by atoms with van der Waals surface area (Å²) < 4.78 is 0. The van der Waals surface area contributed by atoms with Crippen LogP contribution in [0.15, 0.2) is 48.4 Å². The lowest BCUT2D eigenvalue weighted by atomic mass is 9.90. The van der Waals surface area contributed by atoms with E-state index in [9.17, 15) is 14.4 Å². The molecule has 0 N–H and O–H groups in total. The van der Waals surface area contributed by atoms with E-state index >= 15 is 0 Å². The molecule has 2 aromatic rings. The van der Waals surface area contributed by atoms with Crippen molar-refractivity contribution in [2.75, 3.05) is 0 Å². The fraction of sp³-hybridized carbons (Fsp3) is 0.118. The number of Topliss-reactive ketones (excluding diaryl/α,β-unsaturated/α-hetero) is 2. The number of rotatable bonds is 3. The molecule has 0 bridgehead atoms. The standard InChI is InChI=1S/C17H12N2O3/c1-10(20)12-4-2-11(3-5-12)6-13-7-15(21)16-14(17(13)22)8-18-9-19-16/h2-5,7-9H,6H2,1H3. The number of carbonyl (C=O) groups excluding carboxylic acids is 3. The van der Waals surface area contributed by atoms with Crippen molar-refractivity contribution >= 4 is 17.3 Å². The van der Waals surface area contributed by atoms with Crippen LogP contribution in [0.4, 0.5) is 0 Å². The van der Waals surface area contributed by atoms with Crippen LogP contribution in [0.2, 0.25) is 0 Å². The quantitative estimate of drug-likeness (QED) is 0.811. The highest BCUT2D eigenvalue weighted by atomic mass is 16.1. The second-order valence-electron chi connectivity index (χ2n) is 5.08. The maximum absolute atomic E-state index is 12.4. The molecule has 0 amide bonds. The summed E-state index contributed by atoms with van der Waals surface area (Å²) in [5, 5.41) is 0. The number of carbonyl (C=O) groups is 3. The minimum Gasteiger partial charge on any atom is -0.295 e. The number of hydrogen-bond acceptors (Lipinski definition) is 5. The lowest BCUT2D eigenvalue weighted by Crippen LogP contribution is -2.20.